The summed E-state index contributed by atoms with van der Waals surface area (Å²) in [6.45, 7) is 0.500. The molecule has 0 aliphatic rings. The van der Waals surface area contributed by atoms with Gasteiger partial charge in [0.15, 0.2) is 11.6 Å². The first-order valence-electron chi connectivity index (χ1n) is 6.82. The molecule has 0 aliphatic carbocycles. The number of halogens is 1. The Balaban J connectivity index is 1.78. The second-order valence-corrected chi connectivity index (χ2v) is 5.70. The van der Waals surface area contributed by atoms with Gasteiger partial charge in [-0.2, -0.15) is 0 Å². The minimum atomic E-state index is 0.500. The second-order valence-electron chi connectivity index (χ2n) is 4.59. The molecular formula is C17H14IN3O. The van der Waals surface area contributed by atoms with E-state index in [0.717, 1.165) is 15.1 Å². The molecule has 4 nitrogen and oxygen atoms in total. The lowest BCUT2D eigenvalue weighted by atomic mass is 10.2. The van der Waals surface area contributed by atoms with E-state index in [9.17, 15) is 0 Å². The van der Waals surface area contributed by atoms with Crippen LogP contribution in [0.3, 0.4) is 0 Å². The summed E-state index contributed by atoms with van der Waals surface area (Å²) in [6, 6.07) is 19.6. The number of hydrogen-bond donors (Lipinski definition) is 1. The molecular weight excluding hydrogens is 389 g/mol. The summed E-state index contributed by atoms with van der Waals surface area (Å²) in [5.41, 5.74) is 1.12. The van der Waals surface area contributed by atoms with Gasteiger partial charge in [0, 0.05) is 6.20 Å². The molecule has 0 spiro atoms. The van der Waals surface area contributed by atoms with Crippen molar-refractivity contribution in [3.8, 4) is 5.75 Å². The molecule has 0 radical (unpaired) electrons. The van der Waals surface area contributed by atoms with E-state index >= 15 is 0 Å². The number of aromatic nitrogens is 2. The van der Waals surface area contributed by atoms with Gasteiger partial charge in [0.25, 0.3) is 0 Å². The van der Waals surface area contributed by atoms with E-state index in [1.165, 1.54) is 0 Å². The highest BCUT2D eigenvalue weighted by atomic mass is 127. The summed E-state index contributed by atoms with van der Waals surface area (Å²) >= 11 is 2.18. The molecule has 1 N–H and O–H groups in total. The van der Waals surface area contributed by atoms with Crippen molar-refractivity contribution >= 4 is 34.2 Å². The fourth-order valence-corrected chi connectivity index (χ4v) is 2.34. The van der Waals surface area contributed by atoms with Gasteiger partial charge >= 0.3 is 0 Å². The maximum Gasteiger partial charge on any atom is 0.175 e. The fourth-order valence-electron chi connectivity index (χ4n) is 1.92. The number of pyridine rings is 2. The van der Waals surface area contributed by atoms with Gasteiger partial charge in [0.05, 0.1) is 0 Å². The molecule has 0 unspecified atom stereocenters. The third kappa shape index (κ3) is 3.94. The lowest BCUT2D eigenvalue weighted by molar-refractivity contribution is 0.306. The highest BCUT2D eigenvalue weighted by Crippen LogP contribution is 2.26. The Labute approximate surface area is 142 Å². The number of rotatable bonds is 5. The van der Waals surface area contributed by atoms with Gasteiger partial charge in [-0.15, -0.1) is 0 Å². The molecule has 0 saturated carbocycles. The zero-order chi connectivity index (χ0) is 15.2. The van der Waals surface area contributed by atoms with Crippen molar-refractivity contribution in [1.82, 2.24) is 9.97 Å². The van der Waals surface area contributed by atoms with Gasteiger partial charge < -0.3 is 10.1 Å². The molecule has 110 valence electrons. The molecule has 2 aromatic heterocycles. The summed E-state index contributed by atoms with van der Waals surface area (Å²) < 4.78 is 6.79. The second kappa shape index (κ2) is 7.22. The zero-order valence-electron chi connectivity index (χ0n) is 11.7. The maximum absolute atomic E-state index is 5.89. The largest absolute Gasteiger partial charge is 0.485 e. The monoisotopic (exact) mass is 403 g/mol. The molecule has 0 atom stereocenters. The topological polar surface area (TPSA) is 47.0 Å². The van der Waals surface area contributed by atoms with Crippen LogP contribution in [0.4, 0.5) is 11.6 Å². The summed E-state index contributed by atoms with van der Waals surface area (Å²) in [7, 11) is 0. The average Bonchev–Trinajstić information content (AvgIpc) is 2.56. The van der Waals surface area contributed by atoms with Crippen LogP contribution in [0.5, 0.6) is 5.75 Å². The van der Waals surface area contributed by atoms with Crippen molar-refractivity contribution in [3.05, 3.63) is 76.1 Å². The normalized spacial score (nSPS) is 10.2. The Bertz CT molecular complexity index is 735. The van der Waals surface area contributed by atoms with Crippen molar-refractivity contribution in [2.24, 2.45) is 0 Å². The van der Waals surface area contributed by atoms with Gasteiger partial charge in [-0.3, -0.25) is 0 Å². The van der Waals surface area contributed by atoms with Gasteiger partial charge in [0.1, 0.15) is 16.1 Å². The maximum atomic E-state index is 5.89. The lowest BCUT2D eigenvalue weighted by Gasteiger charge is -2.12. The molecule has 0 saturated heterocycles. The van der Waals surface area contributed by atoms with Crippen LogP contribution >= 0.6 is 22.6 Å². The standard InChI is InChI=1S/C17H14IN3O/c18-15-10-9-14(22-12-13-6-2-1-3-7-13)17(20-15)21-16-8-4-5-11-19-16/h1-11H,12H2,(H,19,20,21). The molecule has 22 heavy (non-hydrogen) atoms. The smallest absolute Gasteiger partial charge is 0.175 e. The fraction of sp³-hybridized carbons (Fsp3) is 0.0588. The summed E-state index contributed by atoms with van der Waals surface area (Å²) in [5, 5.41) is 3.20. The van der Waals surface area contributed by atoms with E-state index < -0.39 is 0 Å². The molecule has 0 amide bonds. The number of benzene rings is 1. The van der Waals surface area contributed by atoms with E-state index in [1.807, 2.05) is 60.7 Å². The third-order valence-corrected chi connectivity index (χ3v) is 3.57. The predicted octanol–water partition coefficient (Wildman–Crippen LogP) is 4.40. The van der Waals surface area contributed by atoms with Crippen molar-refractivity contribution in [1.29, 1.82) is 0 Å². The lowest BCUT2D eigenvalue weighted by Crippen LogP contribution is -2.02. The first-order chi connectivity index (χ1) is 10.8. The van der Waals surface area contributed by atoms with Crippen LogP contribution in [0.25, 0.3) is 0 Å². The molecule has 0 fully saturated rings. The number of nitrogens with one attached hydrogen (secondary N) is 1. The number of hydrogen-bond acceptors (Lipinski definition) is 4. The Morgan fingerprint density at radius 2 is 1.77 bits per heavy atom. The Morgan fingerprint density at radius 1 is 0.955 bits per heavy atom. The molecule has 2 heterocycles. The SMILES string of the molecule is Ic1ccc(OCc2ccccc2)c(Nc2ccccn2)n1. The highest BCUT2D eigenvalue weighted by Gasteiger charge is 2.08. The molecule has 1 aromatic carbocycles. The molecule has 5 heteroatoms. The van der Waals surface area contributed by atoms with Crippen LogP contribution in [0.2, 0.25) is 0 Å². The van der Waals surface area contributed by atoms with Crippen molar-refractivity contribution < 1.29 is 4.74 Å². The minimum Gasteiger partial charge on any atom is -0.485 e. The number of ether oxygens (including phenoxy) is 1. The van der Waals surface area contributed by atoms with E-state index in [2.05, 4.69) is 37.9 Å². The van der Waals surface area contributed by atoms with E-state index in [-0.39, 0.29) is 0 Å². The van der Waals surface area contributed by atoms with Crippen LogP contribution in [0.15, 0.2) is 66.9 Å². The van der Waals surface area contributed by atoms with Crippen molar-refractivity contribution in [2.45, 2.75) is 6.61 Å². The average molecular weight is 403 g/mol. The van der Waals surface area contributed by atoms with Crippen LogP contribution < -0.4 is 10.1 Å². The predicted molar refractivity (Wildman–Crippen MR) is 95.2 cm³/mol. The quantitative estimate of drug-likeness (QED) is 0.507. The van der Waals surface area contributed by atoms with Crippen LogP contribution in [0.1, 0.15) is 5.56 Å². The Morgan fingerprint density at radius 3 is 2.55 bits per heavy atom. The van der Waals surface area contributed by atoms with Crippen LogP contribution in [-0.2, 0) is 6.61 Å². The molecule has 3 rings (SSSR count). The van der Waals surface area contributed by atoms with Crippen molar-refractivity contribution in [3.63, 3.8) is 0 Å². The van der Waals surface area contributed by atoms with E-state index in [4.69, 9.17) is 4.74 Å². The number of anilines is 2. The van der Waals surface area contributed by atoms with Gasteiger partial charge in [0.2, 0.25) is 0 Å². The highest BCUT2D eigenvalue weighted by molar-refractivity contribution is 14.1. The minimum absolute atomic E-state index is 0.500. The van der Waals surface area contributed by atoms with E-state index in [1.54, 1.807) is 6.20 Å². The van der Waals surface area contributed by atoms with E-state index in [0.29, 0.717) is 18.2 Å². The summed E-state index contributed by atoms with van der Waals surface area (Å²) in [4.78, 5) is 8.75. The Hall–Kier alpha value is -2.15. The van der Waals surface area contributed by atoms with Crippen molar-refractivity contribution in [2.75, 3.05) is 5.32 Å². The van der Waals surface area contributed by atoms with Crippen LogP contribution in [0, 0.1) is 3.70 Å². The molecule has 0 bridgehead atoms. The summed E-state index contributed by atoms with van der Waals surface area (Å²) in [5.74, 6) is 2.11. The zero-order valence-corrected chi connectivity index (χ0v) is 13.9. The van der Waals surface area contributed by atoms with Crippen LogP contribution in [-0.4, -0.2) is 9.97 Å². The number of nitrogens with zero attached hydrogens (tertiary/aromatic N) is 2. The first kappa shape index (κ1) is 14.8. The Kier molecular flexibility index (Phi) is 4.85. The first-order valence-corrected chi connectivity index (χ1v) is 7.90. The van der Waals surface area contributed by atoms with Gasteiger partial charge in [-0.25, -0.2) is 9.97 Å². The third-order valence-electron chi connectivity index (χ3n) is 2.97. The van der Waals surface area contributed by atoms with Gasteiger partial charge in [-0.1, -0.05) is 36.4 Å². The van der Waals surface area contributed by atoms with Gasteiger partial charge in [-0.05, 0) is 52.4 Å². The molecule has 3 aromatic rings. The summed E-state index contributed by atoms with van der Waals surface area (Å²) in [6.07, 6.45) is 1.74. The molecule has 0 aliphatic heterocycles.